The van der Waals surface area contributed by atoms with E-state index >= 15 is 0 Å². The van der Waals surface area contributed by atoms with Crippen molar-refractivity contribution < 1.29 is 19.7 Å². The van der Waals surface area contributed by atoms with E-state index in [1.807, 2.05) is 6.92 Å². The van der Waals surface area contributed by atoms with Gasteiger partial charge in [0, 0.05) is 6.42 Å². The molecule has 0 heterocycles. The number of aliphatic hydroxyl groups excluding tert-OH is 2. The summed E-state index contributed by atoms with van der Waals surface area (Å²) in [7, 11) is 0. The number of ether oxygens (including phenoxy) is 1. The van der Waals surface area contributed by atoms with Gasteiger partial charge in [0.1, 0.15) is 0 Å². The van der Waals surface area contributed by atoms with Gasteiger partial charge in [-0.25, -0.2) is 0 Å². The van der Waals surface area contributed by atoms with Crippen molar-refractivity contribution in [1.29, 1.82) is 0 Å². The van der Waals surface area contributed by atoms with Gasteiger partial charge in [-0.1, -0.05) is 20.8 Å². The number of esters is 1. The summed E-state index contributed by atoms with van der Waals surface area (Å²) in [6.07, 6.45) is 9.88. The van der Waals surface area contributed by atoms with Crippen LogP contribution in [0.1, 0.15) is 91.9 Å². The molecule has 0 aromatic carbocycles. The van der Waals surface area contributed by atoms with Gasteiger partial charge in [-0.2, -0.15) is 0 Å². The Kier molecular flexibility index (Phi) is 6.31. The van der Waals surface area contributed by atoms with Crippen LogP contribution in [-0.4, -0.2) is 35.0 Å². The predicted octanol–water partition coefficient (Wildman–Crippen LogP) is 4.96. The average molecular weight is 421 g/mol. The number of aliphatic hydroxyl groups is 2. The highest BCUT2D eigenvalue weighted by molar-refractivity contribution is 5.69. The Morgan fingerprint density at radius 3 is 2.57 bits per heavy atom. The van der Waals surface area contributed by atoms with Gasteiger partial charge in [0.2, 0.25) is 0 Å². The van der Waals surface area contributed by atoms with Gasteiger partial charge in [0.15, 0.2) is 0 Å². The topological polar surface area (TPSA) is 66.8 Å². The Balaban J connectivity index is 1.50. The highest BCUT2D eigenvalue weighted by atomic mass is 16.5. The summed E-state index contributed by atoms with van der Waals surface area (Å²) >= 11 is 0. The zero-order valence-corrected chi connectivity index (χ0v) is 19.6. The third kappa shape index (κ3) is 3.54. The molecule has 10 atom stereocenters. The number of fused-ring (bicyclic) bond motifs is 5. The summed E-state index contributed by atoms with van der Waals surface area (Å²) in [4.78, 5) is 11.9. The first kappa shape index (κ1) is 22.6. The Labute approximate surface area is 183 Å². The van der Waals surface area contributed by atoms with Crippen molar-refractivity contribution in [2.24, 2.45) is 46.3 Å². The van der Waals surface area contributed by atoms with Crippen LogP contribution in [0.25, 0.3) is 0 Å². The molecule has 0 aromatic heterocycles. The van der Waals surface area contributed by atoms with Crippen molar-refractivity contribution in [1.82, 2.24) is 0 Å². The van der Waals surface area contributed by atoms with Crippen LogP contribution in [-0.2, 0) is 9.53 Å². The van der Waals surface area contributed by atoms with E-state index < -0.39 is 0 Å². The Bertz CT molecular complexity index is 635. The molecule has 172 valence electrons. The molecular weight excluding hydrogens is 376 g/mol. The molecule has 0 unspecified atom stereocenters. The molecule has 0 bridgehead atoms. The van der Waals surface area contributed by atoms with Crippen molar-refractivity contribution in [2.45, 2.75) is 104 Å². The van der Waals surface area contributed by atoms with E-state index in [0.29, 0.717) is 42.6 Å². The fourth-order valence-corrected chi connectivity index (χ4v) is 8.94. The zero-order chi connectivity index (χ0) is 21.7. The molecule has 0 radical (unpaired) electrons. The Hall–Kier alpha value is -0.610. The predicted molar refractivity (Wildman–Crippen MR) is 118 cm³/mol. The highest BCUT2D eigenvalue weighted by Gasteiger charge is 2.63. The molecule has 0 saturated heterocycles. The second kappa shape index (κ2) is 8.39. The maximum absolute atomic E-state index is 11.9. The zero-order valence-electron chi connectivity index (χ0n) is 19.6. The van der Waals surface area contributed by atoms with Crippen LogP contribution in [0.15, 0.2) is 0 Å². The lowest BCUT2D eigenvalue weighted by Gasteiger charge is -2.62. The molecule has 0 aromatic rings. The molecule has 30 heavy (non-hydrogen) atoms. The molecule has 4 rings (SSSR count). The van der Waals surface area contributed by atoms with Crippen LogP contribution in [0.4, 0.5) is 0 Å². The number of carbonyl (C=O) groups is 1. The van der Waals surface area contributed by atoms with Crippen LogP contribution in [0, 0.1) is 46.3 Å². The van der Waals surface area contributed by atoms with Crippen molar-refractivity contribution in [3.8, 4) is 0 Å². The molecule has 0 aliphatic heterocycles. The average Bonchev–Trinajstić information content (AvgIpc) is 3.07. The van der Waals surface area contributed by atoms with Gasteiger partial charge < -0.3 is 14.9 Å². The van der Waals surface area contributed by atoms with E-state index in [1.54, 1.807) is 0 Å². The summed E-state index contributed by atoms with van der Waals surface area (Å²) in [5.41, 5.74) is 0.269. The summed E-state index contributed by atoms with van der Waals surface area (Å²) < 4.78 is 5.14. The maximum Gasteiger partial charge on any atom is 0.305 e. The Morgan fingerprint density at radius 2 is 1.83 bits per heavy atom. The Morgan fingerprint density at radius 1 is 1.07 bits per heavy atom. The van der Waals surface area contributed by atoms with Crippen LogP contribution in [0.3, 0.4) is 0 Å². The van der Waals surface area contributed by atoms with Crippen molar-refractivity contribution in [2.75, 3.05) is 6.61 Å². The molecule has 4 aliphatic carbocycles. The van der Waals surface area contributed by atoms with Crippen molar-refractivity contribution >= 4 is 5.97 Å². The van der Waals surface area contributed by atoms with Gasteiger partial charge in [-0.05, 0) is 111 Å². The first-order valence-electron chi connectivity index (χ1n) is 12.7. The number of carbonyl (C=O) groups excluding carboxylic acids is 1. The van der Waals surface area contributed by atoms with Gasteiger partial charge in [-0.15, -0.1) is 0 Å². The largest absolute Gasteiger partial charge is 0.466 e. The number of rotatable bonds is 5. The smallest absolute Gasteiger partial charge is 0.305 e. The van der Waals surface area contributed by atoms with E-state index in [9.17, 15) is 15.0 Å². The van der Waals surface area contributed by atoms with E-state index in [0.717, 1.165) is 38.0 Å². The first-order chi connectivity index (χ1) is 14.2. The minimum Gasteiger partial charge on any atom is -0.466 e. The maximum atomic E-state index is 11.9. The van der Waals surface area contributed by atoms with E-state index in [4.69, 9.17) is 4.74 Å². The van der Waals surface area contributed by atoms with Crippen LogP contribution < -0.4 is 0 Å². The summed E-state index contributed by atoms with van der Waals surface area (Å²) in [5, 5.41) is 21.8. The summed E-state index contributed by atoms with van der Waals surface area (Å²) in [6.45, 7) is 9.45. The molecule has 2 N–H and O–H groups in total. The SMILES string of the molecule is CCOC(=O)CC[C@@H](C)[C@H]1CC[C@H]2[C@@H]3CC[C@@H]4C[C@H](O)CC[C@]4(C)[C@H]3C[C@H](O)[C@]12C. The lowest BCUT2D eigenvalue weighted by atomic mass is 9.43. The standard InChI is InChI=1S/C26H44O4/c1-5-30-24(29)11-6-16(2)20-9-10-21-19-8-7-17-14-18(27)12-13-25(17,3)22(19)15-23(28)26(20,21)4/h16-23,27-28H,5-15H2,1-4H3/t16-,17-,18-,19+,20-,21+,22+,23+,25+,26-/m1/s1. The number of hydrogen-bond donors (Lipinski definition) is 2. The van der Waals surface area contributed by atoms with Crippen molar-refractivity contribution in [3.63, 3.8) is 0 Å². The van der Waals surface area contributed by atoms with Gasteiger partial charge in [0.05, 0.1) is 18.8 Å². The van der Waals surface area contributed by atoms with Crippen LogP contribution in [0.5, 0.6) is 0 Å². The van der Waals surface area contributed by atoms with E-state index in [1.165, 1.54) is 25.7 Å². The third-order valence-electron chi connectivity index (χ3n) is 10.6. The van der Waals surface area contributed by atoms with Gasteiger partial charge >= 0.3 is 5.97 Å². The molecule has 4 nitrogen and oxygen atoms in total. The second-order valence-corrected chi connectivity index (χ2v) is 11.7. The minimum atomic E-state index is -0.247. The normalized spacial score (nSPS) is 48.9. The molecule has 0 spiro atoms. The lowest BCUT2D eigenvalue weighted by Crippen LogP contribution is -2.58. The molecular formula is C26H44O4. The molecule has 4 heteroatoms. The first-order valence-corrected chi connectivity index (χ1v) is 12.7. The van der Waals surface area contributed by atoms with Crippen LogP contribution in [0.2, 0.25) is 0 Å². The molecule has 4 aliphatic rings. The van der Waals surface area contributed by atoms with Gasteiger partial charge in [-0.3, -0.25) is 4.79 Å². The molecule has 4 fully saturated rings. The summed E-state index contributed by atoms with van der Waals surface area (Å²) in [5.74, 6) is 3.39. The lowest BCUT2D eigenvalue weighted by molar-refractivity contribution is -0.175. The minimum absolute atomic E-state index is 0.0212. The molecule has 4 saturated carbocycles. The van der Waals surface area contributed by atoms with E-state index in [2.05, 4.69) is 20.8 Å². The van der Waals surface area contributed by atoms with Gasteiger partial charge in [0.25, 0.3) is 0 Å². The van der Waals surface area contributed by atoms with Crippen LogP contribution >= 0.6 is 0 Å². The quantitative estimate of drug-likeness (QED) is 0.617. The monoisotopic (exact) mass is 420 g/mol. The second-order valence-electron chi connectivity index (χ2n) is 11.7. The highest BCUT2D eigenvalue weighted by Crippen LogP contribution is 2.68. The fraction of sp³-hybridized carbons (Fsp3) is 0.962. The fourth-order valence-electron chi connectivity index (χ4n) is 8.94. The van der Waals surface area contributed by atoms with E-state index in [-0.39, 0.29) is 29.0 Å². The summed E-state index contributed by atoms with van der Waals surface area (Å²) in [6, 6.07) is 0. The number of hydrogen-bond acceptors (Lipinski definition) is 4. The van der Waals surface area contributed by atoms with Crippen molar-refractivity contribution in [3.05, 3.63) is 0 Å². The molecule has 0 amide bonds. The third-order valence-corrected chi connectivity index (χ3v) is 10.6.